The number of methoxy groups -OCH3 is 1. The number of phenolic OH excluding ortho intramolecular Hbond substituents is 1. The molecule has 0 aliphatic carbocycles. The second kappa shape index (κ2) is 7.88. The van der Waals surface area contributed by atoms with Crippen LogP contribution in [0.25, 0.3) is 0 Å². The number of nitro benzene ring substituents is 1. The van der Waals surface area contributed by atoms with Gasteiger partial charge in [-0.3, -0.25) is 15.5 Å². The summed E-state index contributed by atoms with van der Waals surface area (Å²) < 4.78 is 5.19. The molecule has 0 bridgehead atoms. The molecule has 0 aliphatic rings. The number of nitrogens with one attached hydrogen (secondary N) is 2. The largest absolute Gasteiger partial charge is 0.507 e. The number of hydrogen-bond donors (Lipinski definition) is 3. The summed E-state index contributed by atoms with van der Waals surface area (Å²) in [6.45, 7) is 0. The van der Waals surface area contributed by atoms with Crippen LogP contribution in [0.3, 0.4) is 0 Å². The molecule has 0 radical (unpaired) electrons. The Labute approximate surface area is 142 Å². The number of hydrogen-bond acceptors (Lipinski definition) is 6. The van der Waals surface area contributed by atoms with Crippen LogP contribution in [0.1, 0.15) is 5.56 Å². The van der Waals surface area contributed by atoms with Crippen LogP contribution in [-0.2, 0) is 0 Å². The quantitative estimate of drug-likeness (QED) is 0.330. The van der Waals surface area contributed by atoms with Crippen molar-refractivity contribution in [3.63, 3.8) is 0 Å². The molecule has 0 heterocycles. The van der Waals surface area contributed by atoms with E-state index in [-0.39, 0.29) is 22.1 Å². The maximum atomic E-state index is 10.7. The number of para-hydroxylation sites is 2. The zero-order chi connectivity index (χ0) is 17.5. The van der Waals surface area contributed by atoms with Crippen LogP contribution < -0.4 is 15.5 Å². The first kappa shape index (κ1) is 17.2. The third kappa shape index (κ3) is 4.40. The minimum atomic E-state index is -0.557. The Morgan fingerprint density at radius 2 is 2.12 bits per heavy atom. The Morgan fingerprint density at radius 3 is 2.83 bits per heavy atom. The number of thiocarbonyl (C=S) groups is 1. The summed E-state index contributed by atoms with van der Waals surface area (Å²) in [5.74, 6) is 0.483. The first-order valence-corrected chi connectivity index (χ1v) is 7.12. The average Bonchev–Trinajstić information content (AvgIpc) is 2.56. The number of nitro groups is 1. The molecule has 124 valence electrons. The summed E-state index contributed by atoms with van der Waals surface area (Å²) in [5, 5.41) is 27.4. The summed E-state index contributed by atoms with van der Waals surface area (Å²) in [6.07, 6.45) is 1.23. The van der Waals surface area contributed by atoms with Crippen molar-refractivity contribution in [3.05, 3.63) is 58.1 Å². The molecule has 0 saturated carbocycles. The summed E-state index contributed by atoms with van der Waals surface area (Å²) >= 11 is 5.10. The molecular formula is C15H14N4O4S. The van der Waals surface area contributed by atoms with Gasteiger partial charge in [0.1, 0.15) is 11.5 Å². The molecule has 3 N–H and O–H groups in total. The lowest BCUT2D eigenvalue weighted by atomic mass is 10.2. The lowest BCUT2D eigenvalue weighted by Crippen LogP contribution is -2.24. The fourth-order valence-corrected chi connectivity index (χ4v) is 1.98. The van der Waals surface area contributed by atoms with E-state index in [1.807, 2.05) is 12.1 Å². The SMILES string of the molecule is COc1ccccc1NC(=S)N/N=C\c1cc([N+](=O)[O-])ccc1O. The van der Waals surface area contributed by atoms with Crippen molar-refractivity contribution in [1.29, 1.82) is 0 Å². The Bertz CT molecular complexity index is 795. The number of hydrazone groups is 1. The number of rotatable bonds is 5. The van der Waals surface area contributed by atoms with E-state index in [1.54, 1.807) is 19.2 Å². The van der Waals surface area contributed by atoms with Crippen molar-refractivity contribution in [2.45, 2.75) is 0 Å². The molecular weight excluding hydrogens is 332 g/mol. The van der Waals surface area contributed by atoms with E-state index in [0.717, 1.165) is 0 Å². The van der Waals surface area contributed by atoms with Crippen molar-refractivity contribution < 1.29 is 14.8 Å². The molecule has 0 spiro atoms. The van der Waals surface area contributed by atoms with Crippen molar-refractivity contribution in [3.8, 4) is 11.5 Å². The molecule has 8 nitrogen and oxygen atoms in total. The van der Waals surface area contributed by atoms with Crippen LogP contribution in [0.15, 0.2) is 47.6 Å². The average molecular weight is 346 g/mol. The van der Waals surface area contributed by atoms with Crippen LogP contribution in [-0.4, -0.2) is 28.5 Å². The van der Waals surface area contributed by atoms with Gasteiger partial charge in [0.25, 0.3) is 5.69 Å². The molecule has 0 unspecified atom stereocenters. The lowest BCUT2D eigenvalue weighted by molar-refractivity contribution is -0.384. The van der Waals surface area contributed by atoms with E-state index in [0.29, 0.717) is 11.4 Å². The fraction of sp³-hybridized carbons (Fsp3) is 0.0667. The number of ether oxygens (including phenoxy) is 1. The Hall–Kier alpha value is -3.20. The van der Waals surface area contributed by atoms with Crippen LogP contribution in [0.5, 0.6) is 11.5 Å². The van der Waals surface area contributed by atoms with Gasteiger partial charge in [-0.1, -0.05) is 12.1 Å². The van der Waals surface area contributed by atoms with E-state index in [9.17, 15) is 15.2 Å². The number of phenols is 1. The summed E-state index contributed by atoms with van der Waals surface area (Å²) in [5.41, 5.74) is 3.26. The van der Waals surface area contributed by atoms with Gasteiger partial charge in [-0.15, -0.1) is 0 Å². The van der Waals surface area contributed by atoms with Gasteiger partial charge in [0, 0.05) is 17.7 Å². The fourth-order valence-electron chi connectivity index (χ4n) is 1.82. The third-order valence-corrected chi connectivity index (χ3v) is 3.14. The molecule has 0 amide bonds. The van der Waals surface area contributed by atoms with Crippen LogP contribution in [0.2, 0.25) is 0 Å². The van der Waals surface area contributed by atoms with Crippen LogP contribution >= 0.6 is 12.2 Å². The van der Waals surface area contributed by atoms with Crippen molar-refractivity contribution in [1.82, 2.24) is 5.43 Å². The number of anilines is 1. The molecule has 2 aromatic rings. The van der Waals surface area contributed by atoms with E-state index in [2.05, 4.69) is 15.8 Å². The van der Waals surface area contributed by atoms with Crippen molar-refractivity contribution in [2.75, 3.05) is 12.4 Å². The predicted molar refractivity (Wildman–Crippen MR) is 94.7 cm³/mol. The molecule has 0 fully saturated rings. The first-order chi connectivity index (χ1) is 11.5. The highest BCUT2D eigenvalue weighted by atomic mass is 32.1. The highest BCUT2D eigenvalue weighted by Crippen LogP contribution is 2.23. The molecule has 9 heteroatoms. The number of nitrogens with zero attached hydrogens (tertiary/aromatic N) is 2. The summed E-state index contributed by atoms with van der Waals surface area (Å²) in [6, 6.07) is 10.8. The molecule has 2 rings (SSSR count). The third-order valence-electron chi connectivity index (χ3n) is 2.95. The zero-order valence-electron chi connectivity index (χ0n) is 12.6. The Morgan fingerprint density at radius 1 is 1.38 bits per heavy atom. The molecule has 0 saturated heterocycles. The maximum Gasteiger partial charge on any atom is 0.270 e. The molecule has 0 aliphatic heterocycles. The Balaban J connectivity index is 2.02. The van der Waals surface area contributed by atoms with E-state index < -0.39 is 4.92 Å². The van der Waals surface area contributed by atoms with Crippen molar-refractivity contribution in [2.24, 2.45) is 5.10 Å². The highest BCUT2D eigenvalue weighted by Gasteiger charge is 2.09. The Kier molecular flexibility index (Phi) is 5.63. The predicted octanol–water partition coefficient (Wildman–Crippen LogP) is 2.63. The van der Waals surface area contributed by atoms with E-state index >= 15 is 0 Å². The second-order valence-corrected chi connectivity index (χ2v) is 4.93. The van der Waals surface area contributed by atoms with Gasteiger partial charge in [0.05, 0.1) is 23.9 Å². The molecule has 24 heavy (non-hydrogen) atoms. The van der Waals surface area contributed by atoms with Gasteiger partial charge in [-0.25, -0.2) is 0 Å². The number of benzene rings is 2. The van der Waals surface area contributed by atoms with Crippen LogP contribution in [0.4, 0.5) is 11.4 Å². The standard InChI is InChI=1S/C15H14N4O4S/c1-23-14-5-3-2-4-12(14)17-15(24)18-16-9-10-8-11(19(21)22)6-7-13(10)20/h2-9,20H,1H3,(H2,17,18,24)/b16-9-. The smallest absolute Gasteiger partial charge is 0.270 e. The number of aromatic hydroxyl groups is 1. The topological polar surface area (TPSA) is 109 Å². The minimum Gasteiger partial charge on any atom is -0.507 e. The number of non-ortho nitro benzene ring substituents is 1. The maximum absolute atomic E-state index is 10.7. The minimum absolute atomic E-state index is 0.130. The lowest BCUT2D eigenvalue weighted by Gasteiger charge is -2.10. The first-order valence-electron chi connectivity index (χ1n) is 6.71. The van der Waals surface area contributed by atoms with Gasteiger partial charge >= 0.3 is 0 Å². The highest BCUT2D eigenvalue weighted by molar-refractivity contribution is 7.80. The van der Waals surface area contributed by atoms with Crippen molar-refractivity contribution >= 4 is 34.9 Å². The van der Waals surface area contributed by atoms with E-state index in [1.165, 1.54) is 24.4 Å². The zero-order valence-corrected chi connectivity index (χ0v) is 13.4. The summed E-state index contributed by atoms with van der Waals surface area (Å²) in [4.78, 5) is 10.2. The summed E-state index contributed by atoms with van der Waals surface area (Å²) in [7, 11) is 1.54. The van der Waals surface area contributed by atoms with Gasteiger partial charge in [0.15, 0.2) is 5.11 Å². The normalized spacial score (nSPS) is 10.4. The van der Waals surface area contributed by atoms with Crippen LogP contribution in [0, 0.1) is 10.1 Å². The molecule has 0 atom stereocenters. The van der Waals surface area contributed by atoms with Gasteiger partial charge in [0.2, 0.25) is 0 Å². The molecule has 2 aromatic carbocycles. The van der Waals surface area contributed by atoms with Gasteiger partial charge in [-0.05, 0) is 30.4 Å². The van der Waals surface area contributed by atoms with E-state index in [4.69, 9.17) is 17.0 Å². The van der Waals surface area contributed by atoms with Gasteiger partial charge in [-0.2, -0.15) is 5.10 Å². The monoisotopic (exact) mass is 346 g/mol. The van der Waals surface area contributed by atoms with Gasteiger partial charge < -0.3 is 15.2 Å². The molecule has 0 aromatic heterocycles. The second-order valence-electron chi connectivity index (χ2n) is 4.52.